The van der Waals surface area contributed by atoms with Crippen LogP contribution in [0.3, 0.4) is 0 Å². The maximum absolute atomic E-state index is 14.3. The molecule has 0 aromatic carbocycles. The number of carbonyl (C=O) groups is 1. The van der Waals surface area contributed by atoms with Crippen LogP contribution in [-0.2, 0) is 4.79 Å². The average Bonchev–Trinajstić information content (AvgIpc) is 3.22. The first-order valence-electron chi connectivity index (χ1n) is 10.8. The normalized spacial score (nSPS) is 45.7. The fraction of sp³-hybridized carbons (Fsp3) is 0.783. The molecule has 0 amide bonds. The van der Waals surface area contributed by atoms with E-state index in [1.807, 2.05) is 6.92 Å². The smallest absolute Gasteiger partial charge is 0.306 e. The molecule has 27 heavy (non-hydrogen) atoms. The summed E-state index contributed by atoms with van der Waals surface area (Å²) in [6, 6.07) is 0. The Labute approximate surface area is 161 Å². The quantitative estimate of drug-likeness (QED) is 0.615. The van der Waals surface area contributed by atoms with E-state index < -0.39 is 17.1 Å². The molecule has 2 nitrogen and oxygen atoms in total. The van der Waals surface area contributed by atoms with Gasteiger partial charge < -0.3 is 4.90 Å². The molecule has 0 N–H and O–H groups in total. The summed E-state index contributed by atoms with van der Waals surface area (Å²) in [5.41, 5.74) is 2.21. The predicted molar refractivity (Wildman–Crippen MR) is 101 cm³/mol. The third-order valence-electron chi connectivity index (χ3n) is 8.98. The highest BCUT2D eigenvalue weighted by atomic mass is 19.3. The van der Waals surface area contributed by atoms with E-state index in [1.165, 1.54) is 37.2 Å². The van der Waals surface area contributed by atoms with Gasteiger partial charge in [0.05, 0.1) is 0 Å². The Morgan fingerprint density at radius 3 is 2.56 bits per heavy atom. The van der Waals surface area contributed by atoms with Crippen LogP contribution < -0.4 is 0 Å². The minimum atomic E-state index is -3.12. The summed E-state index contributed by atoms with van der Waals surface area (Å²) in [5, 5.41) is 0. The number of rotatable bonds is 1. The summed E-state index contributed by atoms with van der Waals surface area (Å²) in [6.07, 6.45) is 11.8. The predicted octanol–water partition coefficient (Wildman–Crippen LogP) is 5.35. The number of ketones is 1. The molecule has 0 spiro atoms. The van der Waals surface area contributed by atoms with Crippen LogP contribution in [0.2, 0.25) is 0 Å². The Morgan fingerprint density at radius 2 is 1.81 bits per heavy atom. The van der Waals surface area contributed by atoms with Crippen LogP contribution in [-0.4, -0.2) is 29.7 Å². The molecule has 5 rings (SSSR count). The van der Waals surface area contributed by atoms with Crippen molar-refractivity contribution >= 4 is 5.78 Å². The number of fused-ring (bicyclic) bond motifs is 5. The number of alkyl halides is 2. The molecule has 0 aromatic heterocycles. The highest BCUT2D eigenvalue weighted by Crippen LogP contribution is 2.65. The molecule has 0 bridgehead atoms. The molecule has 1 aliphatic heterocycles. The summed E-state index contributed by atoms with van der Waals surface area (Å²) in [7, 11) is 0. The first kappa shape index (κ1) is 17.9. The number of halogens is 2. The molecule has 4 heteroatoms. The lowest BCUT2D eigenvalue weighted by atomic mass is 9.49. The Hall–Kier alpha value is -1.19. The Morgan fingerprint density at radius 1 is 1.07 bits per heavy atom. The summed E-state index contributed by atoms with van der Waals surface area (Å²) in [4.78, 5) is 15.0. The van der Waals surface area contributed by atoms with Crippen molar-refractivity contribution in [1.82, 2.24) is 4.90 Å². The molecule has 4 aliphatic carbocycles. The SMILES string of the molecule is C[C@]12CCC(N3CCCC3)=CC1=CC[C@@H]1[C@@H]2CC[C@]2(C)C(=O)C(F)(F)C[C@@H]12. The van der Waals surface area contributed by atoms with Crippen molar-refractivity contribution in [2.45, 2.75) is 71.1 Å². The van der Waals surface area contributed by atoms with Gasteiger partial charge in [-0.3, -0.25) is 4.79 Å². The molecule has 1 heterocycles. The van der Waals surface area contributed by atoms with Gasteiger partial charge in [-0.25, -0.2) is 0 Å². The summed E-state index contributed by atoms with van der Waals surface area (Å²) >= 11 is 0. The van der Waals surface area contributed by atoms with E-state index in [4.69, 9.17) is 0 Å². The van der Waals surface area contributed by atoms with E-state index in [1.54, 1.807) is 0 Å². The zero-order valence-electron chi connectivity index (χ0n) is 16.6. The van der Waals surface area contributed by atoms with Gasteiger partial charge >= 0.3 is 5.92 Å². The van der Waals surface area contributed by atoms with E-state index in [0.717, 1.165) is 25.7 Å². The van der Waals surface area contributed by atoms with Crippen LogP contribution in [0.5, 0.6) is 0 Å². The van der Waals surface area contributed by atoms with E-state index in [2.05, 4.69) is 24.0 Å². The molecule has 5 atom stereocenters. The maximum Gasteiger partial charge on any atom is 0.306 e. The van der Waals surface area contributed by atoms with Gasteiger partial charge in [0.2, 0.25) is 5.78 Å². The molecular weight excluding hydrogens is 344 g/mol. The second kappa shape index (κ2) is 5.67. The van der Waals surface area contributed by atoms with Gasteiger partial charge in [-0.05, 0) is 79.8 Å². The third kappa shape index (κ3) is 2.37. The second-order valence-corrected chi connectivity index (χ2v) is 10.2. The molecule has 2 saturated carbocycles. The average molecular weight is 376 g/mol. The van der Waals surface area contributed by atoms with Crippen molar-refractivity contribution in [1.29, 1.82) is 0 Å². The second-order valence-electron chi connectivity index (χ2n) is 10.2. The van der Waals surface area contributed by atoms with Gasteiger partial charge in [0.25, 0.3) is 0 Å². The van der Waals surface area contributed by atoms with Crippen LogP contribution in [0.4, 0.5) is 8.78 Å². The number of Topliss-reactive ketones (excluding diaryl/α,β-unsaturated/α-hetero) is 1. The summed E-state index contributed by atoms with van der Waals surface area (Å²) < 4.78 is 28.6. The van der Waals surface area contributed by atoms with Crippen molar-refractivity contribution in [2.75, 3.05) is 13.1 Å². The van der Waals surface area contributed by atoms with E-state index in [9.17, 15) is 13.6 Å². The number of hydrogen-bond acceptors (Lipinski definition) is 2. The van der Waals surface area contributed by atoms with Gasteiger partial charge in [-0.1, -0.05) is 19.9 Å². The standard InChI is InChI=1S/C23H31F2NO/c1-21-9-7-16(26-11-3-4-12-26)13-15(21)5-6-17-18(21)8-10-22(2)19(17)14-23(24,25)20(22)27/h5,13,17-19H,3-4,6-12,14H2,1-2H3/t17-,18+,19+,21+,22+/m1/s1. The van der Waals surface area contributed by atoms with Crippen LogP contribution in [0, 0.1) is 28.6 Å². The molecule has 3 fully saturated rings. The molecule has 5 aliphatic rings. The maximum atomic E-state index is 14.3. The van der Waals surface area contributed by atoms with Crippen molar-refractivity contribution in [2.24, 2.45) is 28.6 Å². The van der Waals surface area contributed by atoms with E-state index in [0.29, 0.717) is 12.3 Å². The zero-order chi connectivity index (χ0) is 19.0. The highest BCUT2D eigenvalue weighted by Gasteiger charge is 2.66. The Kier molecular flexibility index (Phi) is 3.75. The lowest BCUT2D eigenvalue weighted by Crippen LogP contribution is -2.49. The largest absolute Gasteiger partial charge is 0.375 e. The fourth-order valence-corrected chi connectivity index (χ4v) is 7.33. The first-order valence-corrected chi connectivity index (χ1v) is 10.8. The van der Waals surface area contributed by atoms with Gasteiger partial charge in [0.15, 0.2) is 0 Å². The van der Waals surface area contributed by atoms with Crippen LogP contribution in [0.15, 0.2) is 23.4 Å². The van der Waals surface area contributed by atoms with Crippen molar-refractivity contribution < 1.29 is 13.6 Å². The molecule has 148 valence electrons. The summed E-state index contributed by atoms with van der Waals surface area (Å²) in [6.45, 7) is 6.55. The Bertz CT molecular complexity index is 735. The van der Waals surface area contributed by atoms with Crippen molar-refractivity contribution in [3.05, 3.63) is 23.4 Å². The number of nitrogens with zero attached hydrogens (tertiary/aromatic N) is 1. The number of hydrogen-bond donors (Lipinski definition) is 0. The minimum absolute atomic E-state index is 0.0917. The van der Waals surface area contributed by atoms with E-state index in [-0.39, 0.29) is 23.7 Å². The van der Waals surface area contributed by atoms with Crippen molar-refractivity contribution in [3.63, 3.8) is 0 Å². The molecule has 0 aromatic rings. The van der Waals surface area contributed by atoms with Crippen LogP contribution in [0.25, 0.3) is 0 Å². The molecule has 0 unspecified atom stereocenters. The summed E-state index contributed by atoms with van der Waals surface area (Å²) in [5.74, 6) is -3.38. The van der Waals surface area contributed by atoms with Gasteiger partial charge in [0, 0.05) is 30.6 Å². The van der Waals surface area contributed by atoms with E-state index >= 15 is 0 Å². The third-order valence-corrected chi connectivity index (χ3v) is 8.98. The van der Waals surface area contributed by atoms with Gasteiger partial charge in [-0.2, -0.15) is 8.78 Å². The fourth-order valence-electron chi connectivity index (χ4n) is 7.33. The number of carbonyl (C=O) groups excluding carboxylic acids is 1. The first-order chi connectivity index (χ1) is 12.8. The number of likely N-dealkylation sites (tertiary alicyclic amines) is 1. The lowest BCUT2D eigenvalue weighted by Gasteiger charge is -2.55. The molecular formula is C23H31F2NO. The molecule has 0 radical (unpaired) electrons. The highest BCUT2D eigenvalue weighted by molar-refractivity contribution is 5.93. The van der Waals surface area contributed by atoms with Gasteiger partial charge in [-0.15, -0.1) is 0 Å². The zero-order valence-corrected chi connectivity index (χ0v) is 16.6. The van der Waals surface area contributed by atoms with Crippen LogP contribution >= 0.6 is 0 Å². The Balaban J connectivity index is 1.47. The van der Waals surface area contributed by atoms with Crippen molar-refractivity contribution in [3.8, 4) is 0 Å². The topological polar surface area (TPSA) is 20.3 Å². The lowest BCUT2D eigenvalue weighted by molar-refractivity contribution is -0.147. The number of allylic oxidation sites excluding steroid dienone is 4. The molecule has 1 saturated heterocycles. The monoisotopic (exact) mass is 375 g/mol. The minimum Gasteiger partial charge on any atom is -0.375 e. The van der Waals surface area contributed by atoms with Gasteiger partial charge in [0.1, 0.15) is 0 Å². The van der Waals surface area contributed by atoms with Crippen LogP contribution in [0.1, 0.15) is 65.2 Å².